The number of aromatic nitrogens is 3. The van der Waals surface area contributed by atoms with Crippen molar-refractivity contribution in [2.45, 2.75) is 30.7 Å². The van der Waals surface area contributed by atoms with Gasteiger partial charge in [0.1, 0.15) is 11.6 Å². The number of ether oxygens (including phenoxy) is 1. The van der Waals surface area contributed by atoms with Gasteiger partial charge in [0.25, 0.3) is 5.92 Å². The summed E-state index contributed by atoms with van der Waals surface area (Å²) in [6.45, 7) is 0.397. The smallest absolute Gasteiger partial charge is 0.320 e. The number of hydrogen-bond acceptors (Lipinski definition) is 4. The Labute approximate surface area is 170 Å². The Morgan fingerprint density at radius 3 is 2.77 bits per heavy atom. The molecule has 0 spiro atoms. The number of hydrogen-bond donors (Lipinski definition) is 3. The molecule has 4 rings (SSSR count). The molecule has 7 nitrogen and oxygen atoms in total. The number of nitrogens with one attached hydrogen (secondary N) is 3. The van der Waals surface area contributed by atoms with Gasteiger partial charge in [-0.2, -0.15) is 5.10 Å². The average Bonchev–Trinajstić information content (AvgIpc) is 3.15. The van der Waals surface area contributed by atoms with Crippen molar-refractivity contribution in [1.29, 1.82) is 0 Å². The fourth-order valence-electron chi connectivity index (χ4n) is 3.35. The monoisotopic (exact) mass is 419 g/mol. The summed E-state index contributed by atoms with van der Waals surface area (Å²) < 4.78 is 45.0. The first-order valence-corrected chi connectivity index (χ1v) is 9.41. The highest BCUT2D eigenvalue weighted by Gasteiger charge is 2.59. The summed E-state index contributed by atoms with van der Waals surface area (Å²) >= 11 is 0. The number of anilines is 1. The Bertz CT molecular complexity index is 1050. The topological polar surface area (TPSA) is 91.9 Å². The molecule has 1 aliphatic carbocycles. The molecule has 2 atom stereocenters. The van der Waals surface area contributed by atoms with E-state index in [4.69, 9.17) is 4.74 Å². The molecule has 158 valence electrons. The van der Waals surface area contributed by atoms with Gasteiger partial charge in [-0.3, -0.25) is 10.4 Å². The van der Waals surface area contributed by atoms with E-state index in [2.05, 4.69) is 25.8 Å². The third-order valence-electron chi connectivity index (χ3n) is 5.07. The molecule has 1 unspecified atom stereocenters. The molecule has 2 aromatic heterocycles. The van der Waals surface area contributed by atoms with E-state index in [1.54, 1.807) is 19.2 Å². The Balaban J connectivity index is 1.45. The molecule has 0 saturated heterocycles. The van der Waals surface area contributed by atoms with Crippen molar-refractivity contribution in [3.05, 3.63) is 53.6 Å². The highest BCUT2D eigenvalue weighted by atomic mass is 19.3. The first-order chi connectivity index (χ1) is 14.4. The van der Waals surface area contributed by atoms with Crippen LogP contribution in [-0.4, -0.2) is 40.9 Å². The number of fused-ring (bicyclic) bond motifs is 1. The minimum Gasteiger partial charge on any atom is -0.385 e. The zero-order chi connectivity index (χ0) is 21.3. The molecular weight excluding hydrogens is 399 g/mol. The number of urea groups is 1. The SMILES string of the molecule is COCC[C@@H](NC(=O)Nc1cc2n[nH]c(C3CC3(F)F)c2cn1)c1ccc(F)cc1. The van der Waals surface area contributed by atoms with Gasteiger partial charge in [0.05, 0.1) is 23.2 Å². The molecule has 0 radical (unpaired) electrons. The zero-order valence-corrected chi connectivity index (χ0v) is 16.1. The number of pyridine rings is 1. The summed E-state index contributed by atoms with van der Waals surface area (Å²) in [6, 6.07) is 6.43. The molecule has 0 aliphatic heterocycles. The summed E-state index contributed by atoms with van der Waals surface area (Å²) in [5.41, 5.74) is 1.52. The van der Waals surface area contributed by atoms with Crippen LogP contribution < -0.4 is 10.6 Å². The number of benzene rings is 1. The van der Waals surface area contributed by atoms with Gasteiger partial charge >= 0.3 is 6.03 Å². The second-order valence-corrected chi connectivity index (χ2v) is 7.23. The number of aromatic amines is 1. The molecule has 10 heteroatoms. The minimum atomic E-state index is -2.71. The largest absolute Gasteiger partial charge is 0.385 e. The van der Waals surface area contributed by atoms with Gasteiger partial charge in [-0.05, 0) is 24.1 Å². The second kappa shape index (κ2) is 7.94. The third kappa shape index (κ3) is 4.23. The Morgan fingerprint density at radius 1 is 1.37 bits per heavy atom. The molecular formula is C20H20F3N5O2. The highest BCUT2D eigenvalue weighted by molar-refractivity contribution is 5.91. The second-order valence-electron chi connectivity index (χ2n) is 7.23. The Kier molecular flexibility index (Phi) is 5.33. The lowest BCUT2D eigenvalue weighted by atomic mass is 10.0. The summed E-state index contributed by atoms with van der Waals surface area (Å²) in [7, 11) is 1.55. The lowest BCUT2D eigenvalue weighted by Gasteiger charge is -2.19. The Hall–Kier alpha value is -3.14. The Morgan fingerprint density at radius 2 is 2.10 bits per heavy atom. The lowest BCUT2D eigenvalue weighted by Crippen LogP contribution is -2.33. The molecule has 2 heterocycles. The molecule has 1 aliphatic rings. The number of carbonyl (C=O) groups excluding carboxylic acids is 1. The van der Waals surface area contributed by atoms with Crippen molar-refractivity contribution < 1.29 is 22.7 Å². The van der Waals surface area contributed by atoms with Crippen molar-refractivity contribution >= 4 is 22.8 Å². The van der Waals surface area contributed by atoms with Crippen LogP contribution in [0.4, 0.5) is 23.8 Å². The fraction of sp³-hybridized carbons (Fsp3) is 0.350. The van der Waals surface area contributed by atoms with Gasteiger partial charge in [0.2, 0.25) is 0 Å². The van der Waals surface area contributed by atoms with Crippen molar-refractivity contribution in [3.8, 4) is 0 Å². The van der Waals surface area contributed by atoms with Gasteiger partial charge in [0.15, 0.2) is 0 Å². The molecule has 3 N–H and O–H groups in total. The van der Waals surface area contributed by atoms with E-state index < -0.39 is 23.9 Å². The summed E-state index contributed by atoms with van der Waals surface area (Å²) in [4.78, 5) is 16.6. The number of amides is 2. The number of rotatable bonds is 7. The maximum Gasteiger partial charge on any atom is 0.320 e. The number of carbonyl (C=O) groups is 1. The lowest BCUT2D eigenvalue weighted by molar-refractivity contribution is 0.111. The maximum atomic E-state index is 13.3. The predicted octanol–water partition coefficient (Wildman–Crippen LogP) is 4.12. The van der Waals surface area contributed by atoms with E-state index >= 15 is 0 Å². The molecule has 0 bridgehead atoms. The molecule has 2 amide bonds. The van der Waals surface area contributed by atoms with Crippen LogP contribution in [0.5, 0.6) is 0 Å². The van der Waals surface area contributed by atoms with E-state index in [0.717, 1.165) is 5.56 Å². The highest BCUT2D eigenvalue weighted by Crippen LogP contribution is 2.56. The van der Waals surface area contributed by atoms with Crippen LogP contribution in [0.1, 0.15) is 36.1 Å². The number of H-pyrrole nitrogens is 1. The first-order valence-electron chi connectivity index (χ1n) is 9.41. The van der Waals surface area contributed by atoms with Crippen LogP contribution in [0.3, 0.4) is 0 Å². The van der Waals surface area contributed by atoms with Crippen LogP contribution in [-0.2, 0) is 4.74 Å². The predicted molar refractivity (Wildman–Crippen MR) is 104 cm³/mol. The van der Waals surface area contributed by atoms with Crippen LogP contribution >= 0.6 is 0 Å². The van der Waals surface area contributed by atoms with Gasteiger partial charge in [-0.1, -0.05) is 12.1 Å². The normalized spacial score (nSPS) is 18.2. The third-order valence-corrected chi connectivity index (χ3v) is 5.07. The van der Waals surface area contributed by atoms with Crippen LogP contribution in [0.15, 0.2) is 36.5 Å². The van der Waals surface area contributed by atoms with E-state index in [1.165, 1.54) is 24.4 Å². The fourth-order valence-corrected chi connectivity index (χ4v) is 3.35. The summed E-state index contributed by atoms with van der Waals surface area (Å²) in [5.74, 6) is -3.73. The van der Waals surface area contributed by atoms with E-state index in [9.17, 15) is 18.0 Å². The van der Waals surface area contributed by atoms with Crippen LogP contribution in [0.25, 0.3) is 10.9 Å². The molecule has 30 heavy (non-hydrogen) atoms. The van der Waals surface area contributed by atoms with Crippen molar-refractivity contribution in [2.75, 3.05) is 19.0 Å². The summed E-state index contributed by atoms with van der Waals surface area (Å²) in [6.07, 6.45) is 1.69. The van der Waals surface area contributed by atoms with Crippen LogP contribution in [0, 0.1) is 5.82 Å². The molecule has 3 aromatic rings. The van der Waals surface area contributed by atoms with E-state index in [1.807, 2.05) is 0 Å². The van der Waals surface area contributed by atoms with E-state index in [0.29, 0.717) is 29.6 Å². The van der Waals surface area contributed by atoms with Crippen molar-refractivity contribution in [1.82, 2.24) is 20.5 Å². The first kappa shape index (κ1) is 20.1. The zero-order valence-electron chi connectivity index (χ0n) is 16.1. The van der Waals surface area contributed by atoms with Gasteiger partial charge in [-0.15, -0.1) is 0 Å². The van der Waals surface area contributed by atoms with Crippen LogP contribution in [0.2, 0.25) is 0 Å². The van der Waals surface area contributed by atoms with Crippen molar-refractivity contribution in [3.63, 3.8) is 0 Å². The molecule has 1 fully saturated rings. The van der Waals surface area contributed by atoms with Gasteiger partial charge in [-0.25, -0.2) is 22.9 Å². The van der Waals surface area contributed by atoms with Gasteiger partial charge < -0.3 is 10.1 Å². The molecule has 1 saturated carbocycles. The van der Waals surface area contributed by atoms with Gasteiger partial charge in [0, 0.05) is 37.8 Å². The van der Waals surface area contributed by atoms with Crippen molar-refractivity contribution in [2.24, 2.45) is 0 Å². The minimum absolute atomic E-state index is 0.209. The summed E-state index contributed by atoms with van der Waals surface area (Å²) in [5, 5.41) is 12.6. The number of nitrogens with zero attached hydrogens (tertiary/aromatic N) is 2. The number of alkyl halides is 2. The maximum absolute atomic E-state index is 13.3. The number of halogens is 3. The molecule has 1 aromatic carbocycles. The van der Waals surface area contributed by atoms with E-state index in [-0.39, 0.29) is 18.1 Å². The number of methoxy groups -OCH3 is 1. The average molecular weight is 419 g/mol. The quantitative estimate of drug-likeness (QED) is 0.537. The standard InChI is InChI=1S/C20H20F3N5O2/c1-30-7-6-15(11-2-4-12(21)5-3-11)25-19(29)26-17-8-16-13(10-24-17)18(28-27-16)14-9-20(14,22)23/h2-5,8,10,14-15H,6-7,9H2,1H3,(H,27,28)(H2,24,25,26,29)/t14?,15-/m1/s1.